The van der Waals surface area contributed by atoms with Gasteiger partial charge >= 0.3 is 0 Å². The van der Waals surface area contributed by atoms with E-state index < -0.39 is 0 Å². The van der Waals surface area contributed by atoms with E-state index in [1.807, 2.05) is 0 Å². The lowest BCUT2D eigenvalue weighted by molar-refractivity contribution is -0.111. The van der Waals surface area contributed by atoms with Gasteiger partial charge in [0.2, 0.25) is 0 Å². The third kappa shape index (κ3) is 0.961. The van der Waals surface area contributed by atoms with Gasteiger partial charge in [-0.2, -0.15) is 0 Å². The van der Waals surface area contributed by atoms with E-state index in [9.17, 15) is 4.79 Å². The van der Waals surface area contributed by atoms with Crippen molar-refractivity contribution in [3.63, 3.8) is 0 Å². The molecule has 0 aromatic rings. The van der Waals surface area contributed by atoms with Crippen molar-refractivity contribution in [3.05, 3.63) is 18.7 Å². The maximum Gasteiger partial charge on any atom is 0.167 e. The van der Waals surface area contributed by atoms with Crippen LogP contribution in [-0.4, -0.2) is 12.0 Å². The molecule has 0 fully saturated rings. The van der Waals surface area contributed by atoms with Crippen LogP contribution in [0.5, 0.6) is 0 Å². The molecule has 0 aliphatic carbocycles. The van der Waals surface area contributed by atoms with E-state index in [0.29, 0.717) is 0 Å². The second-order valence-corrected chi connectivity index (χ2v) is 1.12. The van der Waals surface area contributed by atoms with Gasteiger partial charge in [0.1, 0.15) is 0 Å². The zero-order valence-electron chi connectivity index (χ0n) is 3.59. The highest BCUT2D eigenvalue weighted by Crippen LogP contribution is 1.86. The maximum atomic E-state index is 10.2. The quantitative estimate of drug-likeness (QED) is 0.419. The fourth-order valence-corrected chi connectivity index (χ4v) is 0.303. The summed E-state index contributed by atoms with van der Waals surface area (Å²) >= 11 is 0. The van der Waals surface area contributed by atoms with E-state index in [-0.39, 0.29) is 5.78 Å². The van der Waals surface area contributed by atoms with Crippen molar-refractivity contribution in [2.45, 2.75) is 0 Å². The molecule has 0 bridgehead atoms. The third-order valence-electron chi connectivity index (χ3n) is 0.595. The summed E-state index contributed by atoms with van der Waals surface area (Å²) in [5.74, 6) is -0.0463. The molecular weight excluding hydrogens is 90.1 g/mol. The number of carbonyl (C=O) groups excluding carboxylic acids is 1. The van der Waals surface area contributed by atoms with Gasteiger partial charge in [-0.1, -0.05) is 0 Å². The smallest absolute Gasteiger partial charge is 0.167 e. The second-order valence-electron chi connectivity index (χ2n) is 1.12. The summed E-state index contributed by atoms with van der Waals surface area (Å²) in [6.45, 7) is 0. The van der Waals surface area contributed by atoms with E-state index in [0.717, 1.165) is 0 Å². The Morgan fingerprint density at radius 3 is 2.86 bits per heavy atom. The molecule has 0 saturated heterocycles. The molecule has 2 nitrogen and oxygen atoms in total. The number of carbonyl (C=O) groups is 1. The fourth-order valence-electron chi connectivity index (χ4n) is 0.303. The molecule has 1 rings (SSSR count). The molecule has 7 heavy (non-hydrogen) atoms. The average molecular weight is 93.1 g/mol. The van der Waals surface area contributed by atoms with Gasteiger partial charge in [-0.25, -0.2) is 0 Å². The van der Waals surface area contributed by atoms with Crippen LogP contribution in [0, 0.1) is 12.6 Å². The van der Waals surface area contributed by atoms with Gasteiger partial charge in [-0.3, -0.25) is 9.79 Å². The van der Waals surface area contributed by atoms with E-state index >= 15 is 0 Å². The van der Waals surface area contributed by atoms with E-state index in [2.05, 4.69) is 11.2 Å². The van der Waals surface area contributed by atoms with Gasteiger partial charge in [-0.05, 0) is 0 Å². The molecule has 0 saturated carbocycles. The Labute approximate surface area is 41.6 Å². The van der Waals surface area contributed by atoms with Gasteiger partial charge in [-0.15, -0.1) is 0 Å². The Bertz CT molecular complexity index is 135. The Morgan fingerprint density at radius 1 is 1.71 bits per heavy atom. The minimum Gasteiger partial charge on any atom is -0.294 e. The predicted molar refractivity (Wildman–Crippen MR) is 25.6 cm³/mol. The third-order valence-corrected chi connectivity index (χ3v) is 0.595. The molecule has 0 atom stereocenters. The highest BCUT2D eigenvalue weighted by atomic mass is 16.1. The average Bonchev–Trinajstić information content (AvgIpc) is 1.69. The first kappa shape index (κ1) is 4.24. The Morgan fingerprint density at radius 2 is 2.57 bits per heavy atom. The molecule has 0 spiro atoms. The summed E-state index contributed by atoms with van der Waals surface area (Å²) in [7, 11) is 0. The molecule has 0 aromatic heterocycles. The van der Waals surface area contributed by atoms with Crippen LogP contribution in [0.1, 0.15) is 0 Å². The summed E-state index contributed by atoms with van der Waals surface area (Å²) in [5.41, 5.74) is 0. The van der Waals surface area contributed by atoms with Crippen molar-refractivity contribution in [1.29, 1.82) is 0 Å². The summed E-state index contributed by atoms with van der Waals surface area (Å²) in [5, 5.41) is 0. The van der Waals surface area contributed by atoms with Gasteiger partial charge < -0.3 is 0 Å². The summed E-state index contributed by atoms with van der Waals surface area (Å²) in [6, 6.07) is 0. The van der Waals surface area contributed by atoms with Gasteiger partial charge in [0.25, 0.3) is 0 Å². The largest absolute Gasteiger partial charge is 0.294 e. The highest BCUT2D eigenvalue weighted by molar-refractivity contribution is 6.10. The molecule has 1 heterocycles. The number of hydrogen-bond acceptors (Lipinski definition) is 2. The van der Waals surface area contributed by atoms with Crippen molar-refractivity contribution >= 4 is 12.0 Å². The van der Waals surface area contributed by atoms with Crippen LogP contribution < -0.4 is 0 Å². The van der Waals surface area contributed by atoms with Crippen LogP contribution in [0.3, 0.4) is 0 Å². The molecule has 0 aromatic carbocycles. The van der Waals surface area contributed by atoms with Crippen molar-refractivity contribution in [2.24, 2.45) is 4.99 Å². The fraction of sp³-hybridized carbons (Fsp3) is 0. The summed E-state index contributed by atoms with van der Waals surface area (Å²) < 4.78 is 0. The molecule has 0 unspecified atom stereocenters. The maximum absolute atomic E-state index is 10.2. The Hall–Kier alpha value is -0.920. The summed E-state index contributed by atoms with van der Waals surface area (Å²) in [4.78, 5) is 13.7. The molecule has 0 N–H and O–H groups in total. The van der Waals surface area contributed by atoms with Crippen LogP contribution in [0.25, 0.3) is 0 Å². The van der Waals surface area contributed by atoms with E-state index in [4.69, 9.17) is 0 Å². The van der Waals surface area contributed by atoms with Crippen molar-refractivity contribution in [1.82, 2.24) is 0 Å². The first-order valence-electron chi connectivity index (χ1n) is 1.89. The standard InChI is InChI=1S/C5H3NO/c7-5-1-3-6-4-2-5/h1-3H. The number of allylic oxidation sites excluding steroid dienone is 1. The molecule has 34 valence electrons. The normalized spacial score (nSPS) is 18.0. The number of hydrogen-bond donors (Lipinski definition) is 0. The minimum atomic E-state index is -0.0463. The minimum absolute atomic E-state index is 0.0463. The van der Waals surface area contributed by atoms with Crippen LogP contribution in [0.15, 0.2) is 11.1 Å². The predicted octanol–water partition coefficient (Wildman–Crippen LogP) is 0.161. The monoisotopic (exact) mass is 93.0 g/mol. The van der Waals surface area contributed by atoms with Crippen molar-refractivity contribution < 1.29 is 4.79 Å². The zero-order chi connectivity index (χ0) is 5.11. The lowest BCUT2D eigenvalue weighted by atomic mass is 10.3. The van der Waals surface area contributed by atoms with Crippen LogP contribution in [0.2, 0.25) is 0 Å². The van der Waals surface area contributed by atoms with Crippen molar-refractivity contribution in [3.8, 4) is 0 Å². The Balaban J connectivity index is 2.66. The SMILES string of the molecule is O=C1[CH]C=N[C]=C1. The number of nitrogens with zero attached hydrogens (tertiary/aromatic N) is 1. The topological polar surface area (TPSA) is 29.4 Å². The molecular formula is C5H3NO. The van der Waals surface area contributed by atoms with Crippen LogP contribution >= 0.6 is 0 Å². The molecule has 1 aliphatic heterocycles. The van der Waals surface area contributed by atoms with Crippen molar-refractivity contribution in [2.75, 3.05) is 0 Å². The summed E-state index contributed by atoms with van der Waals surface area (Å²) in [6.07, 6.45) is 6.49. The molecule has 2 heteroatoms. The lowest BCUT2D eigenvalue weighted by Crippen LogP contribution is -1.96. The number of ketones is 1. The molecule has 2 radical (unpaired) electrons. The van der Waals surface area contributed by atoms with E-state index in [1.54, 1.807) is 0 Å². The van der Waals surface area contributed by atoms with Crippen LogP contribution in [0.4, 0.5) is 0 Å². The zero-order valence-corrected chi connectivity index (χ0v) is 3.59. The second kappa shape index (κ2) is 1.69. The highest BCUT2D eigenvalue weighted by Gasteiger charge is 1.94. The number of rotatable bonds is 0. The first-order chi connectivity index (χ1) is 3.39. The lowest BCUT2D eigenvalue weighted by Gasteiger charge is -1.86. The van der Waals surface area contributed by atoms with Gasteiger partial charge in [0.05, 0.1) is 12.6 Å². The van der Waals surface area contributed by atoms with Gasteiger partial charge in [0.15, 0.2) is 5.78 Å². The van der Waals surface area contributed by atoms with E-state index in [1.165, 1.54) is 18.7 Å². The number of aliphatic imine (C=N–C) groups is 1. The molecule has 0 amide bonds. The van der Waals surface area contributed by atoms with Gasteiger partial charge in [0, 0.05) is 12.3 Å². The Kier molecular flexibility index (Phi) is 1.02. The first-order valence-corrected chi connectivity index (χ1v) is 1.89. The molecule has 1 aliphatic rings. The van der Waals surface area contributed by atoms with Crippen LogP contribution in [-0.2, 0) is 4.79 Å².